The maximum atomic E-state index is 12.6. The van der Waals surface area contributed by atoms with Gasteiger partial charge in [-0.3, -0.25) is 0 Å². The lowest BCUT2D eigenvalue weighted by Crippen LogP contribution is -2.25. The second-order valence-electron chi connectivity index (χ2n) is 5.22. The van der Waals surface area contributed by atoms with Gasteiger partial charge in [0.25, 0.3) is 0 Å². The van der Waals surface area contributed by atoms with Crippen LogP contribution < -0.4 is 16.1 Å². The number of hydrogen-bond donors (Lipinski definition) is 1. The molecular weight excluding hydrogens is 392 g/mol. The second-order valence-corrected chi connectivity index (χ2v) is 7.08. The van der Waals surface area contributed by atoms with Crippen molar-refractivity contribution in [3.63, 3.8) is 0 Å². The van der Waals surface area contributed by atoms with Crippen molar-refractivity contribution in [3.05, 3.63) is 72.5 Å². The summed E-state index contributed by atoms with van der Waals surface area (Å²) in [5, 5.41) is 12.1. The van der Waals surface area contributed by atoms with E-state index in [0.717, 1.165) is 9.35 Å². The van der Waals surface area contributed by atoms with Crippen LogP contribution in [0, 0.1) is 11.3 Å². The zero-order chi connectivity index (χ0) is 16.8. The summed E-state index contributed by atoms with van der Waals surface area (Å²) in [6, 6.07) is 11.0. The number of para-hydroxylation sites is 1. The minimum Gasteiger partial charge on any atom is -0.439 e. The lowest BCUT2D eigenvalue weighted by Gasteiger charge is -2.24. The standard InChI is InChI=1S/C17H9BrN2O3S/c18-8-5-12(24-7-8)13-10(6-19)16(20)23-15-9-3-1-2-4-11(9)22-17(21)14(13)15/h1-5,7,13H,20H2/t13-/m1/s1. The molecule has 1 aliphatic rings. The number of thiophene rings is 1. The van der Waals surface area contributed by atoms with Crippen molar-refractivity contribution >= 4 is 38.2 Å². The van der Waals surface area contributed by atoms with Crippen molar-refractivity contribution in [2.45, 2.75) is 5.92 Å². The molecule has 118 valence electrons. The van der Waals surface area contributed by atoms with Crippen molar-refractivity contribution in [1.29, 1.82) is 5.26 Å². The first kappa shape index (κ1) is 15.0. The first-order valence-electron chi connectivity index (χ1n) is 6.97. The summed E-state index contributed by atoms with van der Waals surface area (Å²) in [7, 11) is 0. The molecule has 0 saturated carbocycles. The van der Waals surface area contributed by atoms with Crippen LogP contribution in [0.5, 0.6) is 5.75 Å². The highest BCUT2D eigenvalue weighted by atomic mass is 79.9. The molecule has 0 amide bonds. The van der Waals surface area contributed by atoms with Gasteiger partial charge in [-0.05, 0) is 34.1 Å². The number of benzene rings is 1. The van der Waals surface area contributed by atoms with E-state index in [9.17, 15) is 10.1 Å². The van der Waals surface area contributed by atoms with E-state index in [-0.39, 0.29) is 11.5 Å². The fourth-order valence-corrected chi connectivity index (χ4v) is 4.39. The van der Waals surface area contributed by atoms with Gasteiger partial charge in [0, 0.05) is 14.7 Å². The highest BCUT2D eigenvalue weighted by Gasteiger charge is 2.36. The van der Waals surface area contributed by atoms with E-state index in [4.69, 9.17) is 14.9 Å². The molecular formula is C17H9BrN2O3S. The van der Waals surface area contributed by atoms with Crippen LogP contribution in [0.15, 0.2) is 60.9 Å². The Morgan fingerprint density at radius 1 is 1.33 bits per heavy atom. The number of nitrogens with zero attached hydrogens (tertiary/aromatic N) is 1. The second kappa shape index (κ2) is 5.51. The molecule has 7 heteroatoms. The summed E-state index contributed by atoms with van der Waals surface area (Å²) in [4.78, 5) is 13.4. The lowest BCUT2D eigenvalue weighted by molar-refractivity contribution is 0.388. The van der Waals surface area contributed by atoms with Gasteiger partial charge in [-0.25, -0.2) is 4.79 Å². The number of fused-ring (bicyclic) bond motifs is 3. The van der Waals surface area contributed by atoms with Gasteiger partial charge >= 0.3 is 5.63 Å². The lowest BCUT2D eigenvalue weighted by atomic mass is 9.88. The molecule has 0 aliphatic carbocycles. The normalized spacial score (nSPS) is 16.6. The monoisotopic (exact) mass is 400 g/mol. The molecule has 0 radical (unpaired) electrons. The predicted octanol–water partition coefficient (Wildman–Crippen LogP) is 3.84. The van der Waals surface area contributed by atoms with Gasteiger partial charge in [0.05, 0.1) is 16.9 Å². The Hall–Kier alpha value is -2.56. The molecule has 1 aromatic carbocycles. The van der Waals surface area contributed by atoms with Crippen LogP contribution in [-0.2, 0) is 0 Å². The van der Waals surface area contributed by atoms with Crippen LogP contribution in [0.25, 0.3) is 11.0 Å². The molecule has 4 rings (SSSR count). The maximum Gasteiger partial charge on any atom is 0.344 e. The Kier molecular flexibility index (Phi) is 3.44. The first-order chi connectivity index (χ1) is 11.6. The number of allylic oxidation sites excluding steroid dienone is 1. The summed E-state index contributed by atoms with van der Waals surface area (Å²) in [5.41, 5.74) is 6.37. The summed E-state index contributed by atoms with van der Waals surface area (Å²) in [5.74, 6) is -0.237. The molecule has 3 aromatic rings. The van der Waals surface area contributed by atoms with E-state index in [2.05, 4.69) is 22.0 Å². The van der Waals surface area contributed by atoms with Gasteiger partial charge < -0.3 is 14.9 Å². The Balaban J connectivity index is 2.10. The summed E-state index contributed by atoms with van der Waals surface area (Å²) >= 11 is 4.83. The molecule has 1 aliphatic heterocycles. The van der Waals surface area contributed by atoms with Crippen molar-refractivity contribution in [1.82, 2.24) is 0 Å². The molecule has 2 aromatic heterocycles. The molecule has 0 bridgehead atoms. The summed E-state index contributed by atoms with van der Waals surface area (Å²) < 4.78 is 12.0. The Labute approximate surface area is 148 Å². The van der Waals surface area contributed by atoms with Crippen molar-refractivity contribution < 1.29 is 9.15 Å². The van der Waals surface area contributed by atoms with E-state index in [1.165, 1.54) is 11.3 Å². The van der Waals surface area contributed by atoms with Gasteiger partial charge in [0.1, 0.15) is 17.2 Å². The topological polar surface area (TPSA) is 89.3 Å². The summed E-state index contributed by atoms with van der Waals surface area (Å²) in [6.07, 6.45) is 0. The van der Waals surface area contributed by atoms with E-state index in [1.807, 2.05) is 17.5 Å². The maximum absolute atomic E-state index is 12.6. The van der Waals surface area contributed by atoms with Gasteiger partial charge in [-0.1, -0.05) is 12.1 Å². The van der Waals surface area contributed by atoms with E-state index in [0.29, 0.717) is 22.3 Å². The quantitative estimate of drug-likeness (QED) is 0.626. The third kappa shape index (κ3) is 2.15. The van der Waals surface area contributed by atoms with E-state index < -0.39 is 11.5 Å². The third-order valence-corrected chi connectivity index (χ3v) is 5.60. The zero-order valence-corrected chi connectivity index (χ0v) is 14.5. The average molecular weight is 401 g/mol. The number of hydrogen-bond acceptors (Lipinski definition) is 6. The highest BCUT2D eigenvalue weighted by molar-refractivity contribution is 9.10. The van der Waals surface area contributed by atoms with E-state index in [1.54, 1.807) is 18.2 Å². The van der Waals surface area contributed by atoms with Crippen LogP contribution >= 0.6 is 27.3 Å². The van der Waals surface area contributed by atoms with Gasteiger partial charge in [-0.15, -0.1) is 11.3 Å². The summed E-state index contributed by atoms with van der Waals surface area (Å²) in [6.45, 7) is 0. The SMILES string of the molecule is N#CC1=C(N)Oc2c(c(=O)oc3ccccc23)[C@H]1c1cc(Br)cs1. The van der Waals surface area contributed by atoms with Crippen molar-refractivity contribution in [2.75, 3.05) is 0 Å². The van der Waals surface area contributed by atoms with Crippen molar-refractivity contribution in [3.8, 4) is 11.8 Å². The van der Waals surface area contributed by atoms with Crippen LogP contribution in [-0.4, -0.2) is 0 Å². The minimum absolute atomic E-state index is 0.00951. The Bertz CT molecular complexity index is 1110. The molecule has 24 heavy (non-hydrogen) atoms. The fourth-order valence-electron chi connectivity index (χ4n) is 2.83. The molecule has 5 nitrogen and oxygen atoms in total. The zero-order valence-electron chi connectivity index (χ0n) is 12.1. The van der Waals surface area contributed by atoms with Gasteiger partial charge in [0.2, 0.25) is 5.88 Å². The number of nitriles is 1. The third-order valence-electron chi connectivity index (χ3n) is 3.85. The molecule has 0 spiro atoms. The van der Waals surface area contributed by atoms with Gasteiger partial charge in [0.15, 0.2) is 5.75 Å². The molecule has 3 heterocycles. The van der Waals surface area contributed by atoms with Gasteiger partial charge in [-0.2, -0.15) is 5.26 Å². The number of nitrogens with two attached hydrogens (primary N) is 1. The highest BCUT2D eigenvalue weighted by Crippen LogP contribution is 2.45. The smallest absolute Gasteiger partial charge is 0.344 e. The number of halogens is 1. The molecule has 2 N–H and O–H groups in total. The number of rotatable bonds is 1. The first-order valence-corrected chi connectivity index (χ1v) is 8.64. The average Bonchev–Trinajstić information content (AvgIpc) is 3.00. The van der Waals surface area contributed by atoms with Crippen LogP contribution in [0.1, 0.15) is 16.4 Å². The predicted molar refractivity (Wildman–Crippen MR) is 93.8 cm³/mol. The van der Waals surface area contributed by atoms with Crippen LogP contribution in [0.2, 0.25) is 0 Å². The molecule has 1 atom stereocenters. The largest absolute Gasteiger partial charge is 0.439 e. The van der Waals surface area contributed by atoms with Crippen LogP contribution in [0.4, 0.5) is 0 Å². The van der Waals surface area contributed by atoms with E-state index >= 15 is 0 Å². The Morgan fingerprint density at radius 2 is 2.12 bits per heavy atom. The van der Waals surface area contributed by atoms with Crippen molar-refractivity contribution in [2.24, 2.45) is 5.73 Å². The molecule has 0 unspecified atom stereocenters. The number of ether oxygens (including phenoxy) is 1. The fraction of sp³-hybridized carbons (Fsp3) is 0.0588. The minimum atomic E-state index is -0.601. The van der Waals surface area contributed by atoms with Crippen LogP contribution in [0.3, 0.4) is 0 Å². The molecule has 0 saturated heterocycles. The molecule has 0 fully saturated rings. The Morgan fingerprint density at radius 3 is 2.83 bits per heavy atom.